The minimum Gasteiger partial charge on any atom is -0.455 e. The van der Waals surface area contributed by atoms with Gasteiger partial charge in [-0.25, -0.2) is 0 Å². The number of amides is 2. The molecule has 0 saturated heterocycles. The number of ketones is 1. The predicted molar refractivity (Wildman–Crippen MR) is 123 cm³/mol. The van der Waals surface area contributed by atoms with E-state index in [1.807, 2.05) is 44.2 Å². The number of anilines is 2. The molecule has 1 heterocycles. The van der Waals surface area contributed by atoms with Gasteiger partial charge in [0.1, 0.15) is 5.76 Å². The quantitative estimate of drug-likeness (QED) is 0.567. The van der Waals surface area contributed by atoms with Gasteiger partial charge in [0.25, 0.3) is 11.8 Å². The van der Waals surface area contributed by atoms with Crippen molar-refractivity contribution < 1.29 is 18.8 Å². The lowest BCUT2D eigenvalue weighted by molar-refractivity contribution is 0.0898. The summed E-state index contributed by atoms with van der Waals surface area (Å²) in [6.45, 7) is 7.55. The zero-order valence-corrected chi connectivity index (χ0v) is 18.7. The van der Waals surface area contributed by atoms with Crippen LogP contribution in [0.15, 0.2) is 52.9 Å². The van der Waals surface area contributed by atoms with Crippen molar-refractivity contribution in [3.63, 3.8) is 0 Å². The molecule has 2 N–H and O–H groups in total. The Kier molecular flexibility index (Phi) is 5.46. The Morgan fingerprint density at radius 2 is 1.59 bits per heavy atom. The van der Waals surface area contributed by atoms with Gasteiger partial charge in [-0.2, -0.15) is 0 Å². The van der Waals surface area contributed by atoms with Crippen molar-refractivity contribution in [3.8, 4) is 0 Å². The molecule has 3 aromatic rings. The maximum Gasteiger partial charge on any atom is 0.291 e. The lowest BCUT2D eigenvalue weighted by Gasteiger charge is -2.27. The van der Waals surface area contributed by atoms with Crippen LogP contribution in [0.5, 0.6) is 0 Å². The van der Waals surface area contributed by atoms with E-state index in [0.717, 1.165) is 0 Å². The van der Waals surface area contributed by atoms with Gasteiger partial charge in [0.2, 0.25) is 0 Å². The van der Waals surface area contributed by atoms with Crippen molar-refractivity contribution in [2.45, 2.75) is 40.5 Å². The largest absolute Gasteiger partial charge is 0.455 e. The molecule has 2 aromatic carbocycles. The summed E-state index contributed by atoms with van der Waals surface area (Å²) in [5.41, 5.74) is 3.20. The molecule has 6 heteroatoms. The molecule has 0 fully saturated rings. The summed E-state index contributed by atoms with van der Waals surface area (Å²) in [5, 5.41) is 5.71. The van der Waals surface area contributed by atoms with E-state index in [9.17, 15) is 14.4 Å². The highest BCUT2D eigenvalue weighted by Crippen LogP contribution is 2.38. The number of rotatable bonds is 4. The Morgan fingerprint density at radius 3 is 2.31 bits per heavy atom. The highest BCUT2D eigenvalue weighted by molar-refractivity contribution is 6.10. The van der Waals surface area contributed by atoms with Gasteiger partial charge in [-0.3, -0.25) is 14.4 Å². The number of furan rings is 1. The Balaban J connectivity index is 1.58. The molecule has 0 spiro atoms. The maximum atomic E-state index is 13.0. The summed E-state index contributed by atoms with van der Waals surface area (Å²) in [4.78, 5) is 38.4. The first kappa shape index (κ1) is 21.6. The molecule has 0 aliphatic heterocycles. The molecular weight excluding hydrogens is 404 g/mol. The predicted octanol–water partition coefficient (Wildman–Crippen LogP) is 5.56. The third-order valence-corrected chi connectivity index (χ3v) is 5.84. The summed E-state index contributed by atoms with van der Waals surface area (Å²) in [7, 11) is 0. The molecule has 32 heavy (non-hydrogen) atoms. The lowest BCUT2D eigenvalue weighted by Crippen LogP contribution is -2.26. The van der Waals surface area contributed by atoms with Crippen LogP contribution in [0.3, 0.4) is 0 Å². The fourth-order valence-corrected chi connectivity index (χ4v) is 4.22. The number of nitrogens with one attached hydrogen (secondary N) is 2. The summed E-state index contributed by atoms with van der Waals surface area (Å²) >= 11 is 0. The van der Waals surface area contributed by atoms with Crippen molar-refractivity contribution in [1.82, 2.24) is 0 Å². The fourth-order valence-electron chi connectivity index (χ4n) is 4.22. The summed E-state index contributed by atoms with van der Waals surface area (Å²) < 4.78 is 5.86. The first-order chi connectivity index (χ1) is 15.2. The number of fused-ring (bicyclic) bond motifs is 1. The van der Waals surface area contributed by atoms with E-state index in [2.05, 4.69) is 10.6 Å². The highest BCUT2D eigenvalue weighted by Gasteiger charge is 2.37. The van der Waals surface area contributed by atoms with Crippen LogP contribution in [0.25, 0.3) is 0 Å². The molecule has 0 radical (unpaired) electrons. The molecule has 0 saturated carbocycles. The van der Waals surface area contributed by atoms with Crippen LogP contribution >= 0.6 is 0 Å². The van der Waals surface area contributed by atoms with Crippen molar-refractivity contribution >= 4 is 29.0 Å². The van der Waals surface area contributed by atoms with Gasteiger partial charge in [0, 0.05) is 35.3 Å². The van der Waals surface area contributed by atoms with Crippen molar-refractivity contribution in [3.05, 3.63) is 82.3 Å². The third kappa shape index (κ3) is 4.08. The van der Waals surface area contributed by atoms with Crippen LogP contribution in [0.2, 0.25) is 0 Å². The van der Waals surface area contributed by atoms with Gasteiger partial charge in [-0.15, -0.1) is 0 Å². The van der Waals surface area contributed by atoms with E-state index >= 15 is 0 Å². The first-order valence-corrected chi connectivity index (χ1v) is 10.6. The molecule has 1 aliphatic rings. The zero-order valence-electron chi connectivity index (χ0n) is 18.7. The second-order valence-electron chi connectivity index (χ2n) is 9.05. The van der Waals surface area contributed by atoms with E-state index in [1.165, 1.54) is 0 Å². The van der Waals surface area contributed by atoms with Crippen molar-refractivity contribution in [2.24, 2.45) is 5.41 Å². The Morgan fingerprint density at radius 1 is 0.875 bits per heavy atom. The van der Waals surface area contributed by atoms with E-state index in [0.29, 0.717) is 52.2 Å². The van der Waals surface area contributed by atoms with Crippen LogP contribution in [-0.4, -0.2) is 17.6 Å². The lowest BCUT2D eigenvalue weighted by atomic mass is 9.76. The van der Waals surface area contributed by atoms with Crippen LogP contribution in [0, 0.1) is 19.3 Å². The van der Waals surface area contributed by atoms with E-state index in [-0.39, 0.29) is 22.9 Å². The van der Waals surface area contributed by atoms with Crippen LogP contribution in [0.1, 0.15) is 68.4 Å². The summed E-state index contributed by atoms with van der Waals surface area (Å²) in [6, 6.07) is 14.3. The first-order valence-electron chi connectivity index (χ1n) is 10.6. The molecule has 0 unspecified atom stereocenters. The van der Waals surface area contributed by atoms with Gasteiger partial charge in [-0.05, 0) is 49.1 Å². The molecule has 6 nitrogen and oxygen atoms in total. The molecule has 0 atom stereocenters. The normalized spacial score (nSPS) is 14.6. The monoisotopic (exact) mass is 430 g/mol. The zero-order chi connectivity index (χ0) is 23.0. The molecule has 164 valence electrons. The van der Waals surface area contributed by atoms with Crippen LogP contribution in [0.4, 0.5) is 11.4 Å². The van der Waals surface area contributed by atoms with Gasteiger partial charge in [0.05, 0.1) is 5.56 Å². The number of Topliss-reactive ketones (excluding diaryl/α,β-unsaturated/α-hetero) is 1. The Bertz CT molecular complexity index is 1220. The maximum absolute atomic E-state index is 13.0. The minimum absolute atomic E-state index is 0.00677. The summed E-state index contributed by atoms with van der Waals surface area (Å²) in [6.07, 6.45) is 1.04. The van der Waals surface area contributed by atoms with Crippen LogP contribution < -0.4 is 10.6 Å². The van der Waals surface area contributed by atoms with E-state index < -0.39 is 5.91 Å². The molecule has 0 bridgehead atoms. The number of benzene rings is 2. The average molecular weight is 431 g/mol. The standard InChI is InChI=1S/C26H26N2O4/c1-15-18(24(30)27-17-9-6-5-7-10-17)11-8-12-19(15)28-25(31)23-16(2)22-20(29)13-26(3,4)14-21(22)32-23/h5-12H,13-14H2,1-4H3,(H,27,30)(H,28,31). The van der Waals surface area contributed by atoms with Crippen molar-refractivity contribution in [1.29, 1.82) is 0 Å². The van der Waals surface area contributed by atoms with E-state index in [1.54, 1.807) is 32.0 Å². The van der Waals surface area contributed by atoms with Gasteiger partial charge >= 0.3 is 0 Å². The molecule has 2 amide bonds. The third-order valence-electron chi connectivity index (χ3n) is 5.84. The minimum atomic E-state index is -0.439. The topological polar surface area (TPSA) is 88.4 Å². The average Bonchev–Trinajstić information content (AvgIpc) is 3.05. The number of hydrogen-bond donors (Lipinski definition) is 2. The number of carbonyl (C=O) groups excluding carboxylic acids is 3. The number of para-hydroxylation sites is 1. The van der Waals surface area contributed by atoms with Gasteiger partial charge in [-0.1, -0.05) is 38.1 Å². The Hall–Kier alpha value is -3.67. The van der Waals surface area contributed by atoms with Crippen LogP contribution in [-0.2, 0) is 6.42 Å². The van der Waals surface area contributed by atoms with Gasteiger partial charge in [0.15, 0.2) is 11.5 Å². The molecular formula is C26H26N2O4. The van der Waals surface area contributed by atoms with Crippen molar-refractivity contribution in [2.75, 3.05) is 10.6 Å². The molecule has 4 rings (SSSR count). The highest BCUT2D eigenvalue weighted by atomic mass is 16.4. The molecule has 1 aromatic heterocycles. The second-order valence-corrected chi connectivity index (χ2v) is 9.05. The van der Waals surface area contributed by atoms with Gasteiger partial charge < -0.3 is 15.1 Å². The fraction of sp³-hybridized carbons (Fsp3) is 0.269. The Labute approximate surface area is 187 Å². The smallest absolute Gasteiger partial charge is 0.291 e. The number of carbonyl (C=O) groups is 3. The number of hydrogen-bond acceptors (Lipinski definition) is 4. The molecule has 1 aliphatic carbocycles. The van der Waals surface area contributed by atoms with E-state index in [4.69, 9.17) is 4.42 Å². The second kappa shape index (κ2) is 8.11. The SMILES string of the molecule is Cc1c(NC(=O)c2oc3c(c2C)C(=O)CC(C)(C)C3)cccc1C(=O)Nc1ccccc1. The summed E-state index contributed by atoms with van der Waals surface area (Å²) in [5.74, 6) is 0.0157.